The maximum Gasteiger partial charge on any atom is 0.144 e. The van der Waals surface area contributed by atoms with Gasteiger partial charge in [0.05, 0.1) is 12.8 Å². The quantitative estimate of drug-likeness (QED) is 0.0902. The minimum absolute atomic E-state index is 0.902. The number of unbranched alkanes of at least 4 members (excludes halogenated alkanes) is 6. The van der Waals surface area contributed by atoms with Gasteiger partial charge in [-0.3, -0.25) is 0 Å². The molecular weight excluding hydrogens is 589 g/mol. The molecule has 0 aliphatic rings. The fraction of sp³-hybridized carbons (Fsp3) is 0.581. The van der Waals surface area contributed by atoms with Crippen molar-refractivity contribution in [2.24, 2.45) is 0 Å². The Morgan fingerprint density at radius 1 is 0.396 bits per heavy atom. The summed E-state index contributed by atoms with van der Waals surface area (Å²) in [6.45, 7) is 20.2. The van der Waals surface area contributed by atoms with Crippen molar-refractivity contribution in [3.8, 4) is 5.75 Å². The highest BCUT2D eigenvalue weighted by Gasteiger charge is 2.20. The summed E-state index contributed by atoms with van der Waals surface area (Å²) in [5.41, 5.74) is 7.21. The molecule has 0 aliphatic carbocycles. The molecule has 266 valence electrons. The zero-order valence-corrected chi connectivity index (χ0v) is 31.8. The lowest BCUT2D eigenvalue weighted by molar-refractivity contribution is 0.416. The number of benzene rings is 3. The predicted molar refractivity (Wildman–Crippen MR) is 214 cm³/mol. The second-order valence-electron chi connectivity index (χ2n) is 13.3. The van der Waals surface area contributed by atoms with Crippen LogP contribution in [0.4, 0.5) is 34.1 Å². The van der Waals surface area contributed by atoms with E-state index < -0.39 is 0 Å². The average molecular weight is 657 g/mol. The van der Waals surface area contributed by atoms with Gasteiger partial charge in [0.1, 0.15) is 5.75 Å². The first kappa shape index (κ1) is 39.1. The Hall–Kier alpha value is -3.34. The van der Waals surface area contributed by atoms with E-state index in [0.717, 1.165) is 62.1 Å². The highest BCUT2D eigenvalue weighted by molar-refractivity contribution is 5.82. The van der Waals surface area contributed by atoms with Gasteiger partial charge in [0, 0.05) is 73.8 Å². The molecule has 0 amide bonds. The fourth-order valence-corrected chi connectivity index (χ4v) is 6.30. The number of nitrogens with zero attached hydrogens (tertiary/aromatic N) is 4. The first-order valence-corrected chi connectivity index (χ1v) is 19.5. The van der Waals surface area contributed by atoms with Crippen LogP contribution < -0.4 is 24.3 Å². The van der Waals surface area contributed by atoms with Crippen molar-refractivity contribution in [2.45, 2.75) is 119 Å². The smallest absolute Gasteiger partial charge is 0.144 e. The van der Waals surface area contributed by atoms with Crippen LogP contribution in [-0.2, 0) is 0 Å². The van der Waals surface area contributed by atoms with Crippen LogP contribution in [-0.4, -0.2) is 46.4 Å². The molecular formula is C43H68N4O. The molecule has 0 N–H and O–H groups in total. The van der Waals surface area contributed by atoms with E-state index in [0.29, 0.717) is 0 Å². The first-order valence-electron chi connectivity index (χ1n) is 19.5. The van der Waals surface area contributed by atoms with E-state index in [1.807, 2.05) is 7.11 Å². The molecule has 0 aromatic heterocycles. The van der Waals surface area contributed by atoms with Crippen molar-refractivity contribution in [2.75, 3.05) is 66.0 Å². The van der Waals surface area contributed by atoms with E-state index in [4.69, 9.17) is 4.74 Å². The zero-order chi connectivity index (χ0) is 34.6. The summed E-state index contributed by atoms with van der Waals surface area (Å²) < 4.78 is 6.19. The Morgan fingerprint density at radius 2 is 0.688 bits per heavy atom. The molecule has 0 bridgehead atoms. The third-order valence-electron chi connectivity index (χ3n) is 9.40. The van der Waals surface area contributed by atoms with Crippen molar-refractivity contribution in [1.82, 2.24) is 0 Å². The molecule has 48 heavy (non-hydrogen) atoms. The Bertz CT molecular complexity index is 1170. The van der Waals surface area contributed by atoms with Crippen molar-refractivity contribution in [3.05, 3.63) is 66.7 Å². The second kappa shape index (κ2) is 22.3. The number of hydrogen-bond donors (Lipinski definition) is 0. The van der Waals surface area contributed by atoms with Crippen LogP contribution in [0.1, 0.15) is 119 Å². The Labute approximate surface area is 295 Å². The Kier molecular flexibility index (Phi) is 18.2. The number of ether oxygens (including phenoxy) is 1. The number of rotatable bonds is 25. The summed E-state index contributed by atoms with van der Waals surface area (Å²) >= 11 is 0. The van der Waals surface area contributed by atoms with E-state index in [1.165, 1.54) is 94.1 Å². The molecule has 0 radical (unpaired) electrons. The standard InChI is InChI=1S/C43H68N4O/c1-8-14-30-44(31-15-9-2)37-20-24-39(25-21-37)47(40-26-22-38(23-27-40)45(32-16-10-3)33-17-11-4)42-29-28-41(36-43(42)48-7)46(34-18-12-5)35-19-13-6/h20-29,36H,8-19,30-35H2,1-7H3. The van der Waals surface area contributed by atoms with Gasteiger partial charge in [0.15, 0.2) is 0 Å². The van der Waals surface area contributed by atoms with Crippen LogP contribution in [0, 0.1) is 0 Å². The largest absolute Gasteiger partial charge is 0.494 e. The first-order chi connectivity index (χ1) is 23.5. The monoisotopic (exact) mass is 657 g/mol. The van der Waals surface area contributed by atoms with E-state index in [9.17, 15) is 0 Å². The Balaban J connectivity index is 2.08. The lowest BCUT2D eigenvalue weighted by Gasteiger charge is -2.31. The molecule has 5 heteroatoms. The zero-order valence-electron chi connectivity index (χ0n) is 31.8. The second-order valence-corrected chi connectivity index (χ2v) is 13.3. The maximum absolute atomic E-state index is 6.19. The highest BCUT2D eigenvalue weighted by atomic mass is 16.5. The van der Waals surface area contributed by atoms with Gasteiger partial charge in [-0.2, -0.15) is 0 Å². The van der Waals surface area contributed by atoms with Gasteiger partial charge in [0.2, 0.25) is 0 Å². The van der Waals surface area contributed by atoms with E-state index in [-0.39, 0.29) is 0 Å². The fourth-order valence-electron chi connectivity index (χ4n) is 6.30. The van der Waals surface area contributed by atoms with Crippen molar-refractivity contribution in [3.63, 3.8) is 0 Å². The maximum atomic E-state index is 6.19. The topological polar surface area (TPSA) is 22.2 Å². The summed E-state index contributed by atoms with van der Waals surface area (Å²) in [6.07, 6.45) is 14.5. The van der Waals surface area contributed by atoms with Crippen LogP contribution in [0.5, 0.6) is 5.75 Å². The number of methoxy groups -OCH3 is 1. The molecule has 3 aromatic carbocycles. The van der Waals surface area contributed by atoms with Gasteiger partial charge < -0.3 is 24.3 Å². The van der Waals surface area contributed by atoms with Crippen LogP contribution >= 0.6 is 0 Å². The average Bonchev–Trinajstić information content (AvgIpc) is 3.13. The van der Waals surface area contributed by atoms with Crippen molar-refractivity contribution >= 4 is 34.1 Å². The molecule has 0 saturated carbocycles. The molecule has 0 spiro atoms. The number of anilines is 6. The van der Waals surface area contributed by atoms with Gasteiger partial charge in [-0.05, 0) is 99.2 Å². The molecule has 0 atom stereocenters. The summed E-state index contributed by atoms with van der Waals surface area (Å²) in [7, 11) is 1.81. The predicted octanol–water partition coefficient (Wildman–Crippen LogP) is 12.4. The molecule has 0 unspecified atom stereocenters. The number of hydrogen-bond acceptors (Lipinski definition) is 5. The summed E-state index contributed by atoms with van der Waals surface area (Å²) in [5.74, 6) is 0.902. The summed E-state index contributed by atoms with van der Waals surface area (Å²) in [4.78, 5) is 10.0. The van der Waals surface area contributed by atoms with Crippen LogP contribution in [0.15, 0.2) is 66.7 Å². The normalized spacial score (nSPS) is 11.1. The lowest BCUT2D eigenvalue weighted by atomic mass is 10.1. The lowest BCUT2D eigenvalue weighted by Crippen LogP contribution is -2.26. The molecule has 3 aromatic rings. The van der Waals surface area contributed by atoms with Gasteiger partial charge in [0.25, 0.3) is 0 Å². The molecule has 0 aliphatic heterocycles. The molecule has 5 nitrogen and oxygen atoms in total. The van der Waals surface area contributed by atoms with Crippen LogP contribution in [0.3, 0.4) is 0 Å². The van der Waals surface area contributed by atoms with Gasteiger partial charge >= 0.3 is 0 Å². The Morgan fingerprint density at radius 3 is 1.00 bits per heavy atom. The minimum Gasteiger partial charge on any atom is -0.494 e. The van der Waals surface area contributed by atoms with Crippen LogP contribution in [0.25, 0.3) is 0 Å². The van der Waals surface area contributed by atoms with E-state index in [1.54, 1.807) is 0 Å². The summed E-state index contributed by atoms with van der Waals surface area (Å²) in [6, 6.07) is 25.3. The van der Waals surface area contributed by atoms with E-state index in [2.05, 4.69) is 128 Å². The SMILES string of the molecule is CCCCN(CCCC)c1ccc(N(c2ccc(N(CCCC)CCCC)cc2)c2ccc(N(CCCC)CCCC)cc2OC)cc1. The molecule has 0 heterocycles. The van der Waals surface area contributed by atoms with Crippen LogP contribution in [0.2, 0.25) is 0 Å². The summed E-state index contributed by atoms with van der Waals surface area (Å²) in [5, 5.41) is 0. The van der Waals surface area contributed by atoms with Gasteiger partial charge in [-0.1, -0.05) is 80.1 Å². The third kappa shape index (κ3) is 11.7. The molecule has 0 fully saturated rings. The van der Waals surface area contributed by atoms with E-state index >= 15 is 0 Å². The molecule has 0 saturated heterocycles. The minimum atomic E-state index is 0.902. The van der Waals surface area contributed by atoms with Gasteiger partial charge in [-0.25, -0.2) is 0 Å². The molecule has 3 rings (SSSR count). The van der Waals surface area contributed by atoms with Gasteiger partial charge in [-0.15, -0.1) is 0 Å². The van der Waals surface area contributed by atoms with Crippen molar-refractivity contribution < 1.29 is 4.74 Å². The van der Waals surface area contributed by atoms with Crippen molar-refractivity contribution in [1.29, 1.82) is 0 Å². The third-order valence-corrected chi connectivity index (χ3v) is 9.40. The highest BCUT2D eigenvalue weighted by Crippen LogP contribution is 2.43.